The SMILES string of the molecule is [CH2]CCCCCCOCCCCCl. The highest BCUT2D eigenvalue weighted by molar-refractivity contribution is 6.17. The molecule has 2 heteroatoms. The van der Waals surface area contributed by atoms with Crippen molar-refractivity contribution in [1.29, 1.82) is 0 Å². The summed E-state index contributed by atoms with van der Waals surface area (Å²) in [6.45, 7) is 5.60. The number of rotatable bonds is 10. The van der Waals surface area contributed by atoms with E-state index in [1.54, 1.807) is 0 Å². The molecule has 0 atom stereocenters. The van der Waals surface area contributed by atoms with Crippen LogP contribution in [0.2, 0.25) is 0 Å². The van der Waals surface area contributed by atoms with Crippen molar-refractivity contribution >= 4 is 11.6 Å². The van der Waals surface area contributed by atoms with E-state index in [2.05, 4.69) is 6.92 Å². The van der Waals surface area contributed by atoms with Crippen LogP contribution in [-0.4, -0.2) is 19.1 Å². The van der Waals surface area contributed by atoms with Gasteiger partial charge in [0.05, 0.1) is 0 Å². The van der Waals surface area contributed by atoms with Crippen LogP contribution < -0.4 is 0 Å². The van der Waals surface area contributed by atoms with Crippen molar-refractivity contribution in [2.75, 3.05) is 19.1 Å². The molecule has 0 aromatic rings. The van der Waals surface area contributed by atoms with Gasteiger partial charge in [0.15, 0.2) is 0 Å². The van der Waals surface area contributed by atoms with Gasteiger partial charge in [-0.15, -0.1) is 11.6 Å². The van der Waals surface area contributed by atoms with Gasteiger partial charge in [0.2, 0.25) is 0 Å². The highest BCUT2D eigenvalue weighted by atomic mass is 35.5. The molecule has 0 aromatic heterocycles. The molecule has 0 aliphatic heterocycles. The van der Waals surface area contributed by atoms with Gasteiger partial charge in [0.1, 0.15) is 0 Å². The van der Waals surface area contributed by atoms with Gasteiger partial charge in [-0.05, 0) is 19.3 Å². The van der Waals surface area contributed by atoms with Crippen LogP contribution in [0, 0.1) is 6.92 Å². The van der Waals surface area contributed by atoms with Crippen LogP contribution in [0.3, 0.4) is 0 Å². The summed E-state index contributed by atoms with van der Waals surface area (Å²) < 4.78 is 5.44. The van der Waals surface area contributed by atoms with E-state index in [0.29, 0.717) is 0 Å². The van der Waals surface area contributed by atoms with Crippen molar-refractivity contribution < 1.29 is 4.74 Å². The molecule has 0 heterocycles. The van der Waals surface area contributed by atoms with Crippen molar-refractivity contribution in [3.05, 3.63) is 6.92 Å². The van der Waals surface area contributed by atoms with Crippen molar-refractivity contribution in [3.63, 3.8) is 0 Å². The summed E-state index contributed by atoms with van der Waals surface area (Å²) >= 11 is 5.54. The van der Waals surface area contributed by atoms with Gasteiger partial charge in [-0.1, -0.05) is 32.6 Å². The lowest BCUT2D eigenvalue weighted by molar-refractivity contribution is 0.127. The van der Waals surface area contributed by atoms with E-state index in [1.807, 2.05) is 0 Å². The summed E-state index contributed by atoms with van der Waals surface area (Å²) in [6.07, 6.45) is 8.27. The zero-order valence-corrected chi connectivity index (χ0v) is 9.32. The molecular weight excluding hydrogens is 184 g/mol. The molecule has 0 aliphatic rings. The number of alkyl halides is 1. The summed E-state index contributed by atoms with van der Waals surface area (Å²) in [6, 6.07) is 0. The van der Waals surface area contributed by atoms with Gasteiger partial charge in [0.25, 0.3) is 0 Å². The Balaban J connectivity index is 2.76. The van der Waals surface area contributed by atoms with E-state index < -0.39 is 0 Å². The third kappa shape index (κ3) is 12.2. The van der Waals surface area contributed by atoms with E-state index in [4.69, 9.17) is 16.3 Å². The van der Waals surface area contributed by atoms with Crippen LogP contribution in [0.4, 0.5) is 0 Å². The molecule has 1 nitrogen and oxygen atoms in total. The summed E-state index contributed by atoms with van der Waals surface area (Å²) in [4.78, 5) is 0. The maximum Gasteiger partial charge on any atom is 0.0466 e. The minimum Gasteiger partial charge on any atom is -0.381 e. The number of ether oxygens (including phenoxy) is 1. The third-order valence-corrected chi connectivity index (χ3v) is 2.23. The van der Waals surface area contributed by atoms with Crippen LogP contribution >= 0.6 is 11.6 Å². The van der Waals surface area contributed by atoms with Crippen molar-refractivity contribution in [2.45, 2.75) is 44.9 Å². The Labute approximate surface area is 87.8 Å². The Bertz CT molecular complexity index is 76.2. The first-order valence-electron chi connectivity index (χ1n) is 5.34. The minimum atomic E-state index is 0.757. The zero-order chi connectivity index (χ0) is 9.78. The van der Waals surface area contributed by atoms with E-state index in [9.17, 15) is 0 Å². The Kier molecular flexibility index (Phi) is 12.5. The second-order valence-corrected chi connectivity index (χ2v) is 3.65. The molecule has 0 spiro atoms. The molecule has 79 valence electrons. The fourth-order valence-electron chi connectivity index (χ4n) is 1.14. The van der Waals surface area contributed by atoms with Gasteiger partial charge in [-0.3, -0.25) is 0 Å². The van der Waals surface area contributed by atoms with Gasteiger partial charge in [0, 0.05) is 19.1 Å². The molecule has 0 fully saturated rings. The second kappa shape index (κ2) is 12.2. The predicted octanol–water partition coefficient (Wildman–Crippen LogP) is 3.81. The number of halogens is 1. The van der Waals surface area contributed by atoms with Crippen LogP contribution in [0.25, 0.3) is 0 Å². The highest BCUT2D eigenvalue weighted by Crippen LogP contribution is 2.02. The van der Waals surface area contributed by atoms with Gasteiger partial charge in [-0.2, -0.15) is 0 Å². The molecule has 0 amide bonds. The Morgan fingerprint density at radius 1 is 0.846 bits per heavy atom. The predicted molar refractivity (Wildman–Crippen MR) is 59.2 cm³/mol. The lowest BCUT2D eigenvalue weighted by atomic mass is 10.2. The standard InChI is InChI=1S/C11H22ClO/c1-2-3-4-5-7-10-13-11-8-6-9-12/h1-11H2. The molecule has 0 bridgehead atoms. The topological polar surface area (TPSA) is 9.23 Å². The molecule has 0 N–H and O–H groups in total. The zero-order valence-electron chi connectivity index (χ0n) is 8.56. The average Bonchev–Trinajstić information content (AvgIpc) is 2.16. The molecule has 13 heavy (non-hydrogen) atoms. The molecule has 1 radical (unpaired) electrons. The fourth-order valence-corrected chi connectivity index (χ4v) is 1.32. The smallest absolute Gasteiger partial charge is 0.0466 e. The average molecular weight is 206 g/mol. The van der Waals surface area contributed by atoms with Crippen molar-refractivity contribution in [1.82, 2.24) is 0 Å². The highest BCUT2D eigenvalue weighted by Gasteiger charge is 1.90. The monoisotopic (exact) mass is 205 g/mol. The summed E-state index contributed by atoms with van der Waals surface area (Å²) in [5.74, 6) is 0.757. The van der Waals surface area contributed by atoms with E-state index in [-0.39, 0.29) is 0 Å². The first-order valence-corrected chi connectivity index (χ1v) is 5.88. The van der Waals surface area contributed by atoms with Crippen LogP contribution in [0.15, 0.2) is 0 Å². The first-order chi connectivity index (χ1) is 6.41. The van der Waals surface area contributed by atoms with Crippen LogP contribution in [0.5, 0.6) is 0 Å². The molecule has 0 saturated carbocycles. The molecule has 0 rings (SSSR count). The lowest BCUT2D eigenvalue weighted by Crippen LogP contribution is -1.97. The first kappa shape index (κ1) is 13.2. The Morgan fingerprint density at radius 3 is 2.08 bits per heavy atom. The molecule has 0 unspecified atom stereocenters. The largest absolute Gasteiger partial charge is 0.381 e. The molecular formula is C11H22ClO. The normalized spacial score (nSPS) is 10.6. The second-order valence-electron chi connectivity index (χ2n) is 3.28. The van der Waals surface area contributed by atoms with Gasteiger partial charge < -0.3 is 4.74 Å². The summed E-state index contributed by atoms with van der Waals surface area (Å²) in [5, 5.41) is 0. The maximum atomic E-state index is 5.54. The number of hydrogen-bond donors (Lipinski definition) is 0. The maximum absolute atomic E-state index is 5.54. The quantitative estimate of drug-likeness (QED) is 0.389. The van der Waals surface area contributed by atoms with Crippen LogP contribution in [-0.2, 0) is 4.74 Å². The Morgan fingerprint density at radius 2 is 1.46 bits per heavy atom. The summed E-state index contributed by atoms with van der Waals surface area (Å²) in [7, 11) is 0. The number of unbranched alkanes of at least 4 members (excludes halogenated alkanes) is 5. The van der Waals surface area contributed by atoms with Gasteiger partial charge in [-0.25, -0.2) is 0 Å². The lowest BCUT2D eigenvalue weighted by Gasteiger charge is -2.02. The third-order valence-electron chi connectivity index (χ3n) is 1.96. The van der Waals surface area contributed by atoms with Crippen molar-refractivity contribution in [3.8, 4) is 0 Å². The summed E-state index contributed by atoms with van der Waals surface area (Å²) in [5.41, 5.74) is 0. The molecule has 0 aliphatic carbocycles. The fraction of sp³-hybridized carbons (Fsp3) is 0.909. The van der Waals surface area contributed by atoms with E-state index in [0.717, 1.165) is 38.4 Å². The Hall–Kier alpha value is 0.250. The molecule has 0 aromatic carbocycles. The van der Waals surface area contributed by atoms with Crippen LogP contribution in [0.1, 0.15) is 44.9 Å². The molecule has 0 saturated heterocycles. The minimum absolute atomic E-state index is 0.757. The van der Waals surface area contributed by atoms with E-state index in [1.165, 1.54) is 25.7 Å². The number of hydrogen-bond acceptors (Lipinski definition) is 1. The van der Waals surface area contributed by atoms with Crippen molar-refractivity contribution in [2.24, 2.45) is 0 Å². The van der Waals surface area contributed by atoms with E-state index >= 15 is 0 Å². The van der Waals surface area contributed by atoms with Gasteiger partial charge >= 0.3 is 0 Å².